The van der Waals surface area contributed by atoms with Crippen LogP contribution in [0.5, 0.6) is 5.75 Å². The van der Waals surface area contributed by atoms with Gasteiger partial charge >= 0.3 is 0 Å². The molecule has 3 heterocycles. The molecule has 3 aromatic carbocycles. The number of para-hydroxylation sites is 1. The number of hydrogen-bond acceptors (Lipinski definition) is 7. The molecule has 0 spiro atoms. The molecule has 41 heavy (non-hydrogen) atoms. The van der Waals surface area contributed by atoms with Crippen LogP contribution in [0.3, 0.4) is 0 Å². The molecule has 0 unspecified atom stereocenters. The average molecular weight is 550 g/mol. The van der Waals surface area contributed by atoms with Crippen LogP contribution in [0.4, 0.5) is 17.1 Å². The molecule has 208 valence electrons. The van der Waals surface area contributed by atoms with Gasteiger partial charge in [0.1, 0.15) is 11.4 Å². The average Bonchev–Trinajstić information content (AvgIpc) is 3.01. The Kier molecular flexibility index (Phi) is 7.88. The summed E-state index contributed by atoms with van der Waals surface area (Å²) < 4.78 is 11.4. The Labute approximate surface area is 237 Å². The van der Waals surface area contributed by atoms with Crippen molar-refractivity contribution >= 4 is 44.8 Å². The maximum absolute atomic E-state index is 13.1. The van der Waals surface area contributed by atoms with Crippen molar-refractivity contribution < 1.29 is 14.3 Å². The Morgan fingerprint density at radius 2 is 1.66 bits per heavy atom. The predicted octanol–water partition coefficient (Wildman–Crippen LogP) is 5.17. The summed E-state index contributed by atoms with van der Waals surface area (Å²) in [5.74, 6) is 0.338. The number of rotatable bonds is 9. The Morgan fingerprint density at radius 3 is 2.49 bits per heavy atom. The van der Waals surface area contributed by atoms with Crippen LogP contribution >= 0.6 is 0 Å². The summed E-state index contributed by atoms with van der Waals surface area (Å²) >= 11 is 0. The van der Waals surface area contributed by atoms with Gasteiger partial charge < -0.3 is 25.1 Å². The fourth-order valence-corrected chi connectivity index (χ4v) is 5.07. The lowest BCUT2D eigenvalue weighted by atomic mass is 10.1. The largest absolute Gasteiger partial charge is 0.493 e. The van der Waals surface area contributed by atoms with Crippen molar-refractivity contribution in [3.05, 3.63) is 101 Å². The highest BCUT2D eigenvalue weighted by molar-refractivity contribution is 6.11. The van der Waals surface area contributed by atoms with Gasteiger partial charge in [-0.2, -0.15) is 0 Å². The van der Waals surface area contributed by atoms with E-state index in [-0.39, 0.29) is 11.5 Å². The highest BCUT2D eigenvalue weighted by atomic mass is 16.5. The van der Waals surface area contributed by atoms with Gasteiger partial charge in [-0.1, -0.05) is 30.3 Å². The highest BCUT2D eigenvalue weighted by Crippen LogP contribution is 2.30. The molecule has 0 bridgehead atoms. The van der Waals surface area contributed by atoms with Gasteiger partial charge in [0, 0.05) is 53.4 Å². The highest BCUT2D eigenvalue weighted by Gasteiger charge is 2.14. The lowest BCUT2D eigenvalue weighted by Gasteiger charge is -2.26. The molecule has 9 heteroatoms. The van der Waals surface area contributed by atoms with Gasteiger partial charge in [0.25, 0.3) is 11.5 Å². The molecule has 0 aliphatic carbocycles. The van der Waals surface area contributed by atoms with Gasteiger partial charge in [0.15, 0.2) is 0 Å². The van der Waals surface area contributed by atoms with E-state index in [0.717, 1.165) is 61.4 Å². The number of nitrogens with one attached hydrogen (secondary N) is 3. The number of carbonyl (C=O) groups excluding carboxylic acids is 1. The second-order valence-electron chi connectivity index (χ2n) is 9.89. The monoisotopic (exact) mass is 549 g/mol. The molecule has 2 aromatic heterocycles. The van der Waals surface area contributed by atoms with Gasteiger partial charge in [-0.05, 0) is 55.0 Å². The number of nitrogens with zero attached hydrogens (tertiary/aromatic N) is 2. The Bertz CT molecular complexity index is 1730. The topological polar surface area (TPSA) is 109 Å². The molecule has 1 aliphatic rings. The number of aromatic amines is 1. The number of fused-ring (bicyclic) bond motifs is 3. The van der Waals surface area contributed by atoms with Crippen molar-refractivity contribution in [1.29, 1.82) is 0 Å². The normalized spacial score (nSPS) is 13.8. The number of anilines is 3. The van der Waals surface area contributed by atoms with E-state index in [1.165, 1.54) is 0 Å². The molecule has 1 fully saturated rings. The van der Waals surface area contributed by atoms with Gasteiger partial charge in [0.05, 0.1) is 31.1 Å². The van der Waals surface area contributed by atoms with Crippen LogP contribution in [-0.2, 0) is 4.74 Å². The van der Waals surface area contributed by atoms with Crippen molar-refractivity contribution in [2.24, 2.45) is 0 Å². The van der Waals surface area contributed by atoms with Gasteiger partial charge in [-0.15, -0.1) is 0 Å². The van der Waals surface area contributed by atoms with Crippen LogP contribution in [-0.4, -0.2) is 60.2 Å². The number of pyridine rings is 2. The second kappa shape index (κ2) is 12.2. The molecule has 6 rings (SSSR count). The third kappa shape index (κ3) is 6.06. The zero-order valence-corrected chi connectivity index (χ0v) is 22.6. The summed E-state index contributed by atoms with van der Waals surface area (Å²) in [7, 11) is 0. The van der Waals surface area contributed by atoms with Crippen molar-refractivity contribution in [2.45, 2.75) is 6.42 Å². The van der Waals surface area contributed by atoms with Crippen LogP contribution in [0.2, 0.25) is 0 Å². The fraction of sp³-hybridized carbons (Fsp3) is 0.219. The van der Waals surface area contributed by atoms with E-state index in [4.69, 9.17) is 9.47 Å². The molecule has 5 aromatic rings. The standard InChI is InChI=1S/C32H31N5O4/c38-31-25-7-2-1-6-24(25)29-27(14-15-33-30(29)36-31)34-22-10-12-23(13-11-22)35-32(39)26-8-3-4-9-28(26)41-19-5-16-37-17-20-40-21-18-37/h1-4,6-15H,5,16-21H2,(H,35,39)(H2,33,34,36,38). The zero-order valence-electron chi connectivity index (χ0n) is 22.6. The minimum absolute atomic E-state index is 0.169. The molecule has 9 nitrogen and oxygen atoms in total. The molecule has 0 atom stereocenters. The zero-order chi connectivity index (χ0) is 28.0. The molecule has 0 radical (unpaired) electrons. The molecule has 0 saturated carbocycles. The van der Waals surface area contributed by atoms with Gasteiger partial charge in [-0.25, -0.2) is 4.98 Å². The van der Waals surface area contributed by atoms with E-state index < -0.39 is 0 Å². The summed E-state index contributed by atoms with van der Waals surface area (Å²) in [5, 5.41) is 8.67. The Hall–Kier alpha value is -4.73. The minimum Gasteiger partial charge on any atom is -0.493 e. The summed E-state index contributed by atoms with van der Waals surface area (Å²) in [6.07, 6.45) is 2.54. The van der Waals surface area contributed by atoms with Crippen LogP contribution in [0.15, 0.2) is 89.9 Å². The lowest BCUT2D eigenvalue weighted by Crippen LogP contribution is -2.37. The number of H-pyrrole nitrogens is 1. The summed E-state index contributed by atoms with van der Waals surface area (Å²) in [6.45, 7) is 4.94. The van der Waals surface area contributed by atoms with Gasteiger partial charge in [-0.3, -0.25) is 14.5 Å². The number of aromatic nitrogens is 2. The van der Waals surface area contributed by atoms with Crippen molar-refractivity contribution in [3.63, 3.8) is 0 Å². The fourth-order valence-electron chi connectivity index (χ4n) is 5.07. The van der Waals surface area contributed by atoms with Crippen LogP contribution < -0.4 is 20.9 Å². The van der Waals surface area contributed by atoms with E-state index in [0.29, 0.717) is 34.6 Å². The minimum atomic E-state index is -0.231. The lowest BCUT2D eigenvalue weighted by molar-refractivity contribution is 0.0357. The van der Waals surface area contributed by atoms with Gasteiger partial charge in [0.2, 0.25) is 0 Å². The SMILES string of the molecule is O=C(Nc1ccc(Nc2ccnc3[nH]c(=O)c4ccccc4c23)cc1)c1ccccc1OCCCN1CCOCC1. The van der Waals surface area contributed by atoms with Crippen molar-refractivity contribution in [3.8, 4) is 5.75 Å². The van der Waals surface area contributed by atoms with Crippen molar-refractivity contribution in [2.75, 3.05) is 50.1 Å². The number of carbonyl (C=O) groups is 1. The number of morpholine rings is 1. The van der Waals surface area contributed by atoms with E-state index in [1.807, 2.05) is 66.7 Å². The van der Waals surface area contributed by atoms with Crippen LogP contribution in [0, 0.1) is 0 Å². The maximum atomic E-state index is 13.1. The first-order valence-corrected chi connectivity index (χ1v) is 13.8. The van der Waals surface area contributed by atoms with Crippen LogP contribution in [0.1, 0.15) is 16.8 Å². The van der Waals surface area contributed by atoms with Crippen LogP contribution in [0.25, 0.3) is 21.8 Å². The quantitative estimate of drug-likeness (QED) is 0.172. The van der Waals surface area contributed by atoms with E-state index in [2.05, 4.69) is 25.5 Å². The number of benzene rings is 3. The second-order valence-corrected chi connectivity index (χ2v) is 9.89. The molecule has 1 saturated heterocycles. The molecular formula is C32H31N5O4. The molecule has 1 aliphatic heterocycles. The Balaban J connectivity index is 1.12. The predicted molar refractivity (Wildman–Crippen MR) is 161 cm³/mol. The van der Waals surface area contributed by atoms with Crippen molar-refractivity contribution in [1.82, 2.24) is 14.9 Å². The summed E-state index contributed by atoms with van der Waals surface area (Å²) in [6, 6.07) is 24.1. The first kappa shape index (κ1) is 26.5. The first-order valence-electron chi connectivity index (χ1n) is 13.8. The van der Waals surface area contributed by atoms with E-state index in [1.54, 1.807) is 18.3 Å². The van der Waals surface area contributed by atoms with E-state index >= 15 is 0 Å². The third-order valence-electron chi connectivity index (χ3n) is 7.16. The summed E-state index contributed by atoms with van der Waals surface area (Å²) in [5.41, 5.74) is 3.15. The third-order valence-corrected chi connectivity index (χ3v) is 7.16. The summed E-state index contributed by atoms with van der Waals surface area (Å²) in [4.78, 5) is 35.2. The molecule has 3 N–H and O–H groups in total. The first-order chi connectivity index (χ1) is 20.2. The molecular weight excluding hydrogens is 518 g/mol. The smallest absolute Gasteiger partial charge is 0.259 e. The molecule has 1 amide bonds. The number of hydrogen-bond donors (Lipinski definition) is 3. The number of amides is 1. The number of ether oxygens (including phenoxy) is 2. The maximum Gasteiger partial charge on any atom is 0.259 e. The Morgan fingerprint density at radius 1 is 0.927 bits per heavy atom. The van der Waals surface area contributed by atoms with E-state index in [9.17, 15) is 9.59 Å².